The highest BCUT2D eigenvalue weighted by atomic mass is 19.2. The minimum absolute atomic E-state index is 0.0656. The molecule has 0 aromatic rings. The molecule has 0 spiro atoms. The topological polar surface area (TPSA) is 40.5 Å². The average Bonchev–Trinajstić information content (AvgIpc) is 2.76. The molecule has 4 rings (SSSR count). The summed E-state index contributed by atoms with van der Waals surface area (Å²) in [5, 5.41) is 20.3. The lowest BCUT2D eigenvalue weighted by atomic mass is 9.48. The number of hydrogen-bond acceptors (Lipinski definition) is 2. The standard InChI is InChI=1S/C19H29FO2/c1-17-9-10-19(20,22)11-12(17)3-4-13-14-5-6-16(21)18(14,2)8-7-15(13)17/h3,13-16,21-22H,4-11H2,1-2H3/t13-,14-,15-,16-,17-,18-,19-/m0/s1. The molecule has 0 saturated heterocycles. The van der Waals surface area contributed by atoms with Crippen LogP contribution in [-0.2, 0) is 0 Å². The van der Waals surface area contributed by atoms with Crippen molar-refractivity contribution in [1.29, 1.82) is 0 Å². The van der Waals surface area contributed by atoms with E-state index in [9.17, 15) is 14.6 Å². The third kappa shape index (κ3) is 1.91. The van der Waals surface area contributed by atoms with Gasteiger partial charge in [-0.05, 0) is 67.1 Å². The maximum absolute atomic E-state index is 14.0. The highest BCUT2D eigenvalue weighted by Gasteiger charge is 2.59. The van der Waals surface area contributed by atoms with Gasteiger partial charge in [-0.1, -0.05) is 25.5 Å². The maximum Gasteiger partial charge on any atom is 0.210 e. The molecule has 7 atom stereocenters. The van der Waals surface area contributed by atoms with Crippen molar-refractivity contribution in [2.75, 3.05) is 0 Å². The minimum Gasteiger partial charge on any atom is -0.393 e. The van der Waals surface area contributed by atoms with Crippen LogP contribution in [0, 0.1) is 28.6 Å². The maximum atomic E-state index is 14.0. The normalized spacial score (nSPS) is 57.6. The molecule has 0 radical (unpaired) electrons. The average molecular weight is 308 g/mol. The molecule has 0 unspecified atom stereocenters. The highest BCUT2D eigenvalue weighted by Crippen LogP contribution is 2.65. The van der Waals surface area contributed by atoms with E-state index in [0.29, 0.717) is 17.8 Å². The Kier molecular flexibility index (Phi) is 3.14. The number of allylic oxidation sites excluding steroid dienone is 1. The summed E-state index contributed by atoms with van der Waals surface area (Å²) in [6.45, 7) is 4.59. The fourth-order valence-electron chi connectivity index (χ4n) is 6.58. The predicted octanol–water partition coefficient (Wildman–Crippen LogP) is 3.97. The Hall–Kier alpha value is -0.410. The number of aliphatic hydroxyl groups is 2. The largest absolute Gasteiger partial charge is 0.393 e. The van der Waals surface area contributed by atoms with Gasteiger partial charge in [0.1, 0.15) is 0 Å². The Bertz CT molecular complexity index is 514. The fraction of sp³-hybridized carbons (Fsp3) is 0.895. The molecule has 4 aliphatic carbocycles. The first-order valence-corrected chi connectivity index (χ1v) is 9.05. The first-order valence-electron chi connectivity index (χ1n) is 9.05. The Morgan fingerprint density at radius 2 is 1.86 bits per heavy atom. The second-order valence-corrected chi connectivity index (χ2v) is 8.99. The molecule has 0 bridgehead atoms. The van der Waals surface area contributed by atoms with Crippen molar-refractivity contribution in [3.63, 3.8) is 0 Å². The van der Waals surface area contributed by atoms with E-state index < -0.39 is 5.85 Å². The first-order chi connectivity index (χ1) is 10.3. The van der Waals surface area contributed by atoms with Crippen LogP contribution >= 0.6 is 0 Å². The second kappa shape index (κ2) is 4.57. The summed E-state index contributed by atoms with van der Waals surface area (Å²) in [5.41, 5.74) is 1.32. The van der Waals surface area contributed by atoms with Crippen molar-refractivity contribution in [2.45, 2.75) is 77.2 Å². The molecule has 3 fully saturated rings. The molecule has 0 heterocycles. The summed E-state index contributed by atoms with van der Waals surface area (Å²) in [5.74, 6) is -0.144. The predicted molar refractivity (Wildman–Crippen MR) is 83.8 cm³/mol. The van der Waals surface area contributed by atoms with Crippen LogP contribution < -0.4 is 0 Å². The number of aliphatic hydroxyl groups excluding tert-OH is 1. The summed E-state index contributed by atoms with van der Waals surface area (Å²) in [4.78, 5) is 0. The minimum atomic E-state index is -2.00. The van der Waals surface area contributed by atoms with Crippen LogP contribution in [-0.4, -0.2) is 22.2 Å². The van der Waals surface area contributed by atoms with Crippen molar-refractivity contribution in [2.24, 2.45) is 28.6 Å². The van der Waals surface area contributed by atoms with Gasteiger partial charge in [0.2, 0.25) is 5.85 Å². The Morgan fingerprint density at radius 1 is 1.09 bits per heavy atom. The highest BCUT2D eigenvalue weighted by molar-refractivity contribution is 5.26. The third-order valence-electron chi connectivity index (χ3n) is 8.06. The molecule has 0 aromatic carbocycles. The van der Waals surface area contributed by atoms with Crippen molar-refractivity contribution in [3.8, 4) is 0 Å². The van der Waals surface area contributed by atoms with Gasteiger partial charge in [-0.3, -0.25) is 0 Å². The molecule has 3 saturated carbocycles. The molecular weight excluding hydrogens is 279 g/mol. The second-order valence-electron chi connectivity index (χ2n) is 8.99. The Labute approximate surface area is 132 Å². The number of fused-ring (bicyclic) bond motifs is 5. The third-order valence-corrected chi connectivity index (χ3v) is 8.06. The number of alkyl halides is 1. The zero-order valence-electron chi connectivity index (χ0n) is 13.8. The Balaban J connectivity index is 1.67. The van der Waals surface area contributed by atoms with Crippen molar-refractivity contribution in [1.82, 2.24) is 0 Å². The monoisotopic (exact) mass is 308 g/mol. The smallest absolute Gasteiger partial charge is 0.210 e. The number of halogens is 1. The number of hydrogen-bond donors (Lipinski definition) is 2. The van der Waals surface area contributed by atoms with Gasteiger partial charge in [-0.2, -0.15) is 0 Å². The van der Waals surface area contributed by atoms with Gasteiger partial charge in [0, 0.05) is 12.8 Å². The molecular formula is C19H29FO2. The lowest BCUT2D eigenvalue weighted by Crippen LogP contribution is -2.52. The van der Waals surface area contributed by atoms with Gasteiger partial charge in [-0.25, -0.2) is 4.39 Å². The fourth-order valence-corrected chi connectivity index (χ4v) is 6.58. The van der Waals surface area contributed by atoms with Gasteiger partial charge in [-0.15, -0.1) is 0 Å². The summed E-state index contributed by atoms with van der Waals surface area (Å²) in [6.07, 6.45) is 8.69. The Morgan fingerprint density at radius 3 is 2.64 bits per heavy atom. The zero-order chi connectivity index (χ0) is 15.8. The molecule has 2 nitrogen and oxygen atoms in total. The van der Waals surface area contributed by atoms with Crippen LogP contribution in [0.5, 0.6) is 0 Å². The molecule has 2 N–H and O–H groups in total. The zero-order valence-corrected chi connectivity index (χ0v) is 13.8. The SMILES string of the molecule is C[C@]12CC[C@H]3[C@@H](CC=C4C[C@](O)(F)CC[C@@]43C)[C@@H]1CC[C@@H]2O. The molecule has 124 valence electrons. The van der Waals surface area contributed by atoms with E-state index in [0.717, 1.165) is 44.1 Å². The summed E-state index contributed by atoms with van der Waals surface area (Å²) in [7, 11) is 0. The van der Waals surface area contributed by atoms with Crippen LogP contribution in [0.2, 0.25) is 0 Å². The van der Waals surface area contributed by atoms with E-state index in [4.69, 9.17) is 0 Å². The van der Waals surface area contributed by atoms with Crippen molar-refractivity contribution < 1.29 is 14.6 Å². The van der Waals surface area contributed by atoms with Gasteiger partial charge < -0.3 is 10.2 Å². The summed E-state index contributed by atoms with van der Waals surface area (Å²) in [6, 6.07) is 0. The van der Waals surface area contributed by atoms with Crippen LogP contribution in [0.1, 0.15) is 65.2 Å². The molecule has 0 amide bonds. The molecule has 4 aliphatic rings. The van der Waals surface area contributed by atoms with Crippen LogP contribution in [0.25, 0.3) is 0 Å². The van der Waals surface area contributed by atoms with Gasteiger partial charge in [0.05, 0.1) is 6.10 Å². The van der Waals surface area contributed by atoms with E-state index in [1.54, 1.807) is 0 Å². The van der Waals surface area contributed by atoms with Crippen LogP contribution in [0.15, 0.2) is 11.6 Å². The lowest BCUT2D eigenvalue weighted by Gasteiger charge is -2.58. The quantitative estimate of drug-likeness (QED) is 0.665. The van der Waals surface area contributed by atoms with Crippen LogP contribution in [0.3, 0.4) is 0 Å². The van der Waals surface area contributed by atoms with E-state index in [-0.39, 0.29) is 29.8 Å². The van der Waals surface area contributed by atoms with Gasteiger partial charge in [0.15, 0.2) is 0 Å². The van der Waals surface area contributed by atoms with Gasteiger partial charge in [0.25, 0.3) is 0 Å². The molecule has 22 heavy (non-hydrogen) atoms. The number of rotatable bonds is 0. The van der Waals surface area contributed by atoms with Crippen molar-refractivity contribution >= 4 is 0 Å². The molecule has 0 aromatic heterocycles. The van der Waals surface area contributed by atoms with E-state index in [1.807, 2.05) is 0 Å². The van der Waals surface area contributed by atoms with Crippen LogP contribution in [0.4, 0.5) is 4.39 Å². The molecule has 3 heteroatoms. The van der Waals surface area contributed by atoms with E-state index >= 15 is 0 Å². The van der Waals surface area contributed by atoms with Crippen molar-refractivity contribution in [3.05, 3.63) is 11.6 Å². The lowest BCUT2D eigenvalue weighted by molar-refractivity contribution is -0.135. The van der Waals surface area contributed by atoms with Gasteiger partial charge >= 0.3 is 0 Å². The van der Waals surface area contributed by atoms with E-state index in [2.05, 4.69) is 19.9 Å². The molecule has 0 aliphatic heterocycles. The first kappa shape index (κ1) is 15.1. The van der Waals surface area contributed by atoms with E-state index in [1.165, 1.54) is 0 Å². The summed E-state index contributed by atoms with van der Waals surface area (Å²) >= 11 is 0. The summed E-state index contributed by atoms with van der Waals surface area (Å²) < 4.78 is 14.0.